The number of rotatable bonds is 4. The Morgan fingerprint density at radius 1 is 1.07 bits per heavy atom. The number of hydrogen-bond donors (Lipinski definition) is 2. The smallest absolute Gasteiger partial charge is 0.304 e. The first kappa shape index (κ1) is 21.5. The van der Waals surface area contributed by atoms with E-state index < -0.39 is 29.3 Å². The fourth-order valence-corrected chi connectivity index (χ4v) is 2.25. The minimum atomic E-state index is -5.08. The third kappa shape index (κ3) is 5.11. The van der Waals surface area contributed by atoms with Gasteiger partial charge in [-0.15, -0.1) is 0 Å². The molecule has 5 nitrogen and oxygen atoms in total. The van der Waals surface area contributed by atoms with Crippen molar-refractivity contribution in [1.29, 1.82) is 0 Å². The molecule has 0 spiro atoms. The van der Waals surface area contributed by atoms with Gasteiger partial charge in [-0.2, -0.15) is 26.3 Å². The lowest BCUT2D eigenvalue weighted by Crippen LogP contribution is -2.26. The number of nitrogens with one attached hydrogen (secondary N) is 2. The number of allylic oxidation sites excluding steroid dienone is 2. The Kier molecular flexibility index (Phi) is 5.86. The van der Waals surface area contributed by atoms with Crippen molar-refractivity contribution in [3.8, 4) is 0 Å². The van der Waals surface area contributed by atoms with E-state index >= 15 is 0 Å². The molecular formula is C17H16F6N4O. The van der Waals surface area contributed by atoms with Crippen molar-refractivity contribution >= 4 is 11.5 Å². The first-order valence-corrected chi connectivity index (χ1v) is 7.91. The van der Waals surface area contributed by atoms with Gasteiger partial charge in [-0.1, -0.05) is 6.07 Å². The first-order valence-electron chi connectivity index (χ1n) is 7.91. The highest BCUT2D eigenvalue weighted by atomic mass is 19.4. The van der Waals surface area contributed by atoms with E-state index in [0.29, 0.717) is 17.8 Å². The van der Waals surface area contributed by atoms with E-state index in [1.165, 1.54) is 26.1 Å². The zero-order valence-corrected chi connectivity index (χ0v) is 14.7. The molecular weight excluding hydrogens is 390 g/mol. The average Bonchev–Trinajstić information content (AvgIpc) is 2.84. The molecule has 1 aromatic rings. The van der Waals surface area contributed by atoms with Crippen LogP contribution in [0.15, 0.2) is 52.9 Å². The maximum Gasteiger partial charge on any atom is 0.454 e. The van der Waals surface area contributed by atoms with Crippen LogP contribution in [0.3, 0.4) is 0 Å². The van der Waals surface area contributed by atoms with Gasteiger partial charge in [0.05, 0.1) is 12.2 Å². The number of aliphatic imine (C=N–C) groups is 1. The summed E-state index contributed by atoms with van der Waals surface area (Å²) >= 11 is 0. The van der Waals surface area contributed by atoms with E-state index in [1.54, 1.807) is 12.1 Å². The minimum absolute atomic E-state index is 0.0918. The highest BCUT2D eigenvalue weighted by molar-refractivity contribution is 6.00. The molecule has 0 atom stereocenters. The third-order valence-electron chi connectivity index (χ3n) is 3.94. The maximum absolute atomic E-state index is 13.3. The summed E-state index contributed by atoms with van der Waals surface area (Å²) in [5, 5.41) is 0. The van der Waals surface area contributed by atoms with Gasteiger partial charge in [-0.05, 0) is 32.1 Å². The number of halogens is 6. The number of carbonyl (C=O) groups is 1. The molecule has 1 aliphatic heterocycles. The van der Waals surface area contributed by atoms with E-state index in [-0.39, 0.29) is 17.9 Å². The van der Waals surface area contributed by atoms with Gasteiger partial charge in [0.1, 0.15) is 5.71 Å². The molecule has 152 valence electrons. The van der Waals surface area contributed by atoms with Crippen LogP contribution in [0.4, 0.5) is 26.3 Å². The van der Waals surface area contributed by atoms with Gasteiger partial charge in [-0.3, -0.25) is 14.8 Å². The van der Waals surface area contributed by atoms with Gasteiger partial charge in [0.25, 0.3) is 5.78 Å². The van der Waals surface area contributed by atoms with Crippen LogP contribution in [0, 0.1) is 5.41 Å². The van der Waals surface area contributed by atoms with Gasteiger partial charge < -0.3 is 10.9 Å². The first-order chi connectivity index (χ1) is 12.8. The van der Waals surface area contributed by atoms with E-state index in [1.807, 2.05) is 0 Å². The third-order valence-corrected chi connectivity index (χ3v) is 3.94. The van der Waals surface area contributed by atoms with Crippen LogP contribution in [0.25, 0.3) is 0 Å². The highest BCUT2D eigenvalue weighted by Crippen LogP contribution is 2.37. The number of carbonyl (C=O) groups excluding carboxylic acids is 1. The fourth-order valence-electron chi connectivity index (χ4n) is 2.25. The molecule has 1 aromatic heterocycles. The normalized spacial score (nSPS) is 20.2. The summed E-state index contributed by atoms with van der Waals surface area (Å²) in [4.78, 5) is 18.6. The van der Waals surface area contributed by atoms with Crippen molar-refractivity contribution in [2.45, 2.75) is 32.7 Å². The van der Waals surface area contributed by atoms with Crippen molar-refractivity contribution < 1.29 is 31.1 Å². The van der Waals surface area contributed by atoms with Crippen LogP contribution >= 0.6 is 0 Å². The molecule has 11 heteroatoms. The summed E-state index contributed by atoms with van der Waals surface area (Å²) in [7, 11) is 0. The molecule has 1 fully saturated rings. The lowest BCUT2D eigenvalue weighted by Gasteiger charge is -2.19. The Bertz CT molecular complexity index is 822. The molecule has 2 rings (SSSR count). The summed E-state index contributed by atoms with van der Waals surface area (Å²) in [5.41, 5.74) is 2.13. The lowest BCUT2D eigenvalue weighted by atomic mass is 9.86. The summed E-state index contributed by atoms with van der Waals surface area (Å²) in [6.45, 7) is 2.41. The van der Waals surface area contributed by atoms with Gasteiger partial charge in [0.2, 0.25) is 0 Å². The number of nitrogens with zero attached hydrogens (tertiary/aromatic N) is 2. The molecule has 0 saturated carbocycles. The number of hydrogen-bond acceptors (Lipinski definition) is 5. The summed E-state index contributed by atoms with van der Waals surface area (Å²) < 4.78 is 77.3. The van der Waals surface area contributed by atoms with E-state index in [4.69, 9.17) is 0 Å². The van der Waals surface area contributed by atoms with Crippen LogP contribution < -0.4 is 10.9 Å². The Morgan fingerprint density at radius 2 is 1.68 bits per heavy atom. The highest BCUT2D eigenvalue weighted by Gasteiger charge is 2.42. The van der Waals surface area contributed by atoms with E-state index in [9.17, 15) is 31.1 Å². The Balaban J connectivity index is 2.34. The van der Waals surface area contributed by atoms with Gasteiger partial charge in [0.15, 0.2) is 0 Å². The van der Waals surface area contributed by atoms with E-state index in [2.05, 4.69) is 20.8 Å². The second-order valence-electron chi connectivity index (χ2n) is 6.37. The molecule has 0 bridgehead atoms. The zero-order valence-electron chi connectivity index (χ0n) is 14.7. The predicted octanol–water partition coefficient (Wildman–Crippen LogP) is 3.62. The van der Waals surface area contributed by atoms with Crippen LogP contribution in [-0.4, -0.2) is 28.8 Å². The van der Waals surface area contributed by atoms with Crippen molar-refractivity contribution in [3.05, 3.63) is 53.6 Å². The summed E-state index contributed by atoms with van der Waals surface area (Å²) in [5.74, 6) is -2.12. The number of pyridine rings is 1. The van der Waals surface area contributed by atoms with Crippen LogP contribution in [-0.2, 0) is 11.3 Å². The minimum Gasteiger partial charge on any atom is -0.304 e. The van der Waals surface area contributed by atoms with Gasteiger partial charge >= 0.3 is 12.4 Å². The molecule has 2 N–H and O–H groups in total. The molecule has 28 heavy (non-hydrogen) atoms. The molecule has 0 unspecified atom stereocenters. The average molecular weight is 406 g/mol. The SMILES string of the molecule is CC1(C)/C(=C/C(=O)C(F)(F)F)NN/C1=C\C(=NCc1ccccn1)C(F)(F)F. The number of alkyl halides is 6. The van der Waals surface area contributed by atoms with E-state index in [0.717, 1.165) is 0 Å². The van der Waals surface area contributed by atoms with Crippen LogP contribution in [0.5, 0.6) is 0 Å². The summed E-state index contributed by atoms with van der Waals surface area (Å²) in [6.07, 6.45) is -7.47. The topological polar surface area (TPSA) is 66.4 Å². The Labute approximate surface area is 156 Å². The molecule has 1 saturated heterocycles. The number of aromatic nitrogens is 1. The van der Waals surface area contributed by atoms with Crippen LogP contribution in [0.1, 0.15) is 19.5 Å². The lowest BCUT2D eigenvalue weighted by molar-refractivity contribution is -0.165. The Morgan fingerprint density at radius 3 is 2.18 bits per heavy atom. The van der Waals surface area contributed by atoms with Crippen LogP contribution in [0.2, 0.25) is 0 Å². The van der Waals surface area contributed by atoms with Crippen molar-refractivity contribution in [1.82, 2.24) is 15.8 Å². The van der Waals surface area contributed by atoms with Gasteiger partial charge in [0, 0.05) is 29.1 Å². The monoisotopic (exact) mass is 406 g/mol. The number of ketones is 1. The van der Waals surface area contributed by atoms with Crippen molar-refractivity contribution in [2.75, 3.05) is 0 Å². The molecule has 0 amide bonds. The molecule has 1 aliphatic rings. The Hall–Kier alpha value is -2.85. The maximum atomic E-state index is 13.3. The van der Waals surface area contributed by atoms with Crippen molar-refractivity contribution in [3.63, 3.8) is 0 Å². The largest absolute Gasteiger partial charge is 0.454 e. The molecule has 0 radical (unpaired) electrons. The molecule has 2 heterocycles. The van der Waals surface area contributed by atoms with Crippen molar-refractivity contribution in [2.24, 2.45) is 10.4 Å². The zero-order chi connectivity index (χ0) is 21.2. The quantitative estimate of drug-likeness (QED) is 0.456. The predicted molar refractivity (Wildman–Crippen MR) is 88.7 cm³/mol. The standard InChI is InChI=1S/C17H16F6N4O/c1-15(2)11(26-27-12(15)8-14(28)17(21,22)23)7-13(16(18,19)20)25-9-10-5-3-4-6-24-10/h3-8,26-27H,9H2,1-2H3/b11-7-,12-8-,25-13?. The number of hydrazine groups is 1. The fraction of sp³-hybridized carbons (Fsp3) is 0.353. The molecule has 0 aromatic carbocycles. The molecule has 0 aliphatic carbocycles. The second kappa shape index (κ2) is 7.64. The summed E-state index contributed by atoms with van der Waals surface area (Å²) in [6, 6.07) is 4.71. The van der Waals surface area contributed by atoms with Gasteiger partial charge in [-0.25, -0.2) is 0 Å². The second-order valence-corrected chi connectivity index (χ2v) is 6.37.